The zero-order valence-electron chi connectivity index (χ0n) is 7.47. The number of rotatable bonds is 1. The SMILES string of the molecule is CP(C)(=O)C1CCCCNC1. The van der Waals surface area contributed by atoms with Crippen LogP contribution in [-0.4, -0.2) is 32.1 Å². The van der Waals surface area contributed by atoms with Crippen molar-refractivity contribution in [3.05, 3.63) is 0 Å². The first-order valence-electron chi connectivity index (χ1n) is 4.36. The maximum Gasteiger partial charge on any atom is 0.0860 e. The molecule has 0 aromatic heterocycles. The van der Waals surface area contributed by atoms with E-state index in [0.717, 1.165) is 19.5 Å². The highest BCUT2D eigenvalue weighted by atomic mass is 31.2. The van der Waals surface area contributed by atoms with Crippen LogP contribution in [0.25, 0.3) is 0 Å². The van der Waals surface area contributed by atoms with E-state index in [2.05, 4.69) is 5.32 Å². The lowest BCUT2D eigenvalue weighted by Crippen LogP contribution is -2.24. The molecule has 1 N–H and O–H groups in total. The lowest BCUT2D eigenvalue weighted by Gasteiger charge is -2.18. The Balaban J connectivity index is 2.49. The van der Waals surface area contributed by atoms with Gasteiger partial charge in [0, 0.05) is 12.2 Å². The fourth-order valence-corrected chi connectivity index (χ4v) is 2.90. The average molecular weight is 175 g/mol. The van der Waals surface area contributed by atoms with Crippen molar-refractivity contribution < 1.29 is 4.57 Å². The third kappa shape index (κ3) is 2.96. The van der Waals surface area contributed by atoms with Crippen molar-refractivity contribution in [2.75, 3.05) is 26.4 Å². The standard InChI is InChI=1S/C8H18NOP/c1-11(2,10)8-5-3-4-6-9-7-8/h8-9H,3-7H2,1-2H3. The average Bonchev–Trinajstić information content (AvgIpc) is 2.10. The summed E-state index contributed by atoms with van der Waals surface area (Å²) in [4.78, 5) is 0. The van der Waals surface area contributed by atoms with Crippen molar-refractivity contribution in [1.29, 1.82) is 0 Å². The summed E-state index contributed by atoms with van der Waals surface area (Å²) in [6, 6.07) is 0. The predicted octanol–water partition coefficient (Wildman–Crippen LogP) is 1.75. The Hall–Kier alpha value is 0.190. The first-order valence-corrected chi connectivity index (χ1v) is 7.03. The van der Waals surface area contributed by atoms with Gasteiger partial charge in [-0.15, -0.1) is 0 Å². The Labute approximate surface area is 69.1 Å². The maximum atomic E-state index is 11.7. The van der Waals surface area contributed by atoms with Crippen LogP contribution in [0.4, 0.5) is 0 Å². The molecule has 0 radical (unpaired) electrons. The van der Waals surface area contributed by atoms with E-state index < -0.39 is 7.14 Å². The monoisotopic (exact) mass is 175 g/mol. The Morgan fingerprint density at radius 1 is 1.36 bits per heavy atom. The molecule has 0 aromatic rings. The summed E-state index contributed by atoms with van der Waals surface area (Å²) >= 11 is 0. The normalized spacial score (nSPS) is 28.0. The van der Waals surface area contributed by atoms with Crippen LogP contribution in [0, 0.1) is 0 Å². The molecular weight excluding hydrogens is 157 g/mol. The lowest BCUT2D eigenvalue weighted by atomic mass is 10.2. The van der Waals surface area contributed by atoms with E-state index in [1.165, 1.54) is 12.8 Å². The van der Waals surface area contributed by atoms with Crippen molar-refractivity contribution in [2.45, 2.75) is 24.9 Å². The summed E-state index contributed by atoms with van der Waals surface area (Å²) in [5.41, 5.74) is 0.435. The molecule has 66 valence electrons. The molecule has 0 aliphatic carbocycles. The van der Waals surface area contributed by atoms with Gasteiger partial charge in [0.2, 0.25) is 0 Å². The van der Waals surface area contributed by atoms with Gasteiger partial charge in [-0.2, -0.15) is 0 Å². The summed E-state index contributed by atoms with van der Waals surface area (Å²) in [7, 11) is -1.83. The molecule has 1 aliphatic heterocycles. The van der Waals surface area contributed by atoms with Crippen LogP contribution in [-0.2, 0) is 4.57 Å². The zero-order valence-corrected chi connectivity index (χ0v) is 8.36. The second-order valence-electron chi connectivity index (χ2n) is 3.79. The van der Waals surface area contributed by atoms with Gasteiger partial charge in [0.25, 0.3) is 0 Å². The Morgan fingerprint density at radius 2 is 2.09 bits per heavy atom. The van der Waals surface area contributed by atoms with E-state index >= 15 is 0 Å². The van der Waals surface area contributed by atoms with Gasteiger partial charge < -0.3 is 9.88 Å². The minimum atomic E-state index is -1.83. The Bertz CT molecular complexity index is 155. The highest BCUT2D eigenvalue weighted by molar-refractivity contribution is 7.63. The highest BCUT2D eigenvalue weighted by Gasteiger charge is 2.23. The first kappa shape index (κ1) is 9.28. The molecule has 1 heterocycles. The molecule has 1 fully saturated rings. The molecule has 11 heavy (non-hydrogen) atoms. The summed E-state index contributed by atoms with van der Waals surface area (Å²) < 4.78 is 11.7. The van der Waals surface area contributed by atoms with Gasteiger partial charge in [-0.1, -0.05) is 6.42 Å². The molecule has 1 unspecified atom stereocenters. The second kappa shape index (κ2) is 3.73. The van der Waals surface area contributed by atoms with Crippen molar-refractivity contribution in [2.24, 2.45) is 0 Å². The zero-order chi connectivity index (χ0) is 8.32. The van der Waals surface area contributed by atoms with E-state index in [9.17, 15) is 4.57 Å². The van der Waals surface area contributed by atoms with Crippen LogP contribution in [0.1, 0.15) is 19.3 Å². The van der Waals surface area contributed by atoms with Gasteiger partial charge >= 0.3 is 0 Å². The molecule has 0 spiro atoms. The molecule has 0 saturated carbocycles. The van der Waals surface area contributed by atoms with Crippen LogP contribution in [0.2, 0.25) is 0 Å². The molecule has 0 bridgehead atoms. The molecule has 1 rings (SSSR count). The van der Waals surface area contributed by atoms with Crippen LogP contribution >= 0.6 is 7.14 Å². The Kier molecular flexibility index (Phi) is 3.15. The van der Waals surface area contributed by atoms with E-state index in [1.807, 2.05) is 13.3 Å². The van der Waals surface area contributed by atoms with Crippen molar-refractivity contribution in [1.82, 2.24) is 5.32 Å². The molecule has 0 aromatic carbocycles. The molecular formula is C8H18NOP. The predicted molar refractivity (Wildman–Crippen MR) is 50.0 cm³/mol. The topological polar surface area (TPSA) is 29.1 Å². The van der Waals surface area contributed by atoms with E-state index in [-0.39, 0.29) is 0 Å². The number of hydrogen-bond acceptors (Lipinski definition) is 2. The van der Waals surface area contributed by atoms with Crippen molar-refractivity contribution in [3.63, 3.8) is 0 Å². The molecule has 1 aliphatic rings. The minimum Gasteiger partial charge on any atom is -0.324 e. The quantitative estimate of drug-likeness (QED) is 0.615. The second-order valence-corrected chi connectivity index (χ2v) is 7.39. The van der Waals surface area contributed by atoms with E-state index in [0.29, 0.717) is 5.66 Å². The largest absolute Gasteiger partial charge is 0.324 e. The van der Waals surface area contributed by atoms with Crippen LogP contribution in [0.3, 0.4) is 0 Å². The molecule has 1 atom stereocenters. The summed E-state index contributed by atoms with van der Waals surface area (Å²) in [5, 5.41) is 3.33. The fraction of sp³-hybridized carbons (Fsp3) is 1.00. The maximum absolute atomic E-state index is 11.7. The van der Waals surface area contributed by atoms with Crippen LogP contribution < -0.4 is 5.32 Å². The van der Waals surface area contributed by atoms with E-state index in [1.54, 1.807) is 0 Å². The van der Waals surface area contributed by atoms with Gasteiger partial charge in [0.1, 0.15) is 0 Å². The van der Waals surface area contributed by atoms with Crippen molar-refractivity contribution >= 4 is 7.14 Å². The molecule has 3 heteroatoms. The lowest BCUT2D eigenvalue weighted by molar-refractivity contribution is 0.563. The smallest absolute Gasteiger partial charge is 0.0860 e. The molecule has 2 nitrogen and oxygen atoms in total. The van der Waals surface area contributed by atoms with Crippen LogP contribution in [0.5, 0.6) is 0 Å². The summed E-state index contributed by atoms with van der Waals surface area (Å²) in [5.74, 6) is 0. The number of hydrogen-bond donors (Lipinski definition) is 1. The highest BCUT2D eigenvalue weighted by Crippen LogP contribution is 2.44. The van der Waals surface area contributed by atoms with Crippen LogP contribution in [0.15, 0.2) is 0 Å². The summed E-state index contributed by atoms with van der Waals surface area (Å²) in [6.45, 7) is 5.89. The van der Waals surface area contributed by atoms with E-state index in [4.69, 9.17) is 0 Å². The van der Waals surface area contributed by atoms with Gasteiger partial charge in [-0.05, 0) is 32.7 Å². The number of nitrogens with one attached hydrogen (secondary N) is 1. The minimum absolute atomic E-state index is 0.435. The first-order chi connectivity index (χ1) is 5.11. The third-order valence-electron chi connectivity index (χ3n) is 2.40. The molecule has 0 amide bonds. The van der Waals surface area contributed by atoms with Gasteiger partial charge in [-0.3, -0.25) is 0 Å². The van der Waals surface area contributed by atoms with Gasteiger partial charge in [-0.25, -0.2) is 0 Å². The fourth-order valence-electron chi connectivity index (χ4n) is 1.53. The summed E-state index contributed by atoms with van der Waals surface area (Å²) in [6.07, 6.45) is 3.64. The van der Waals surface area contributed by atoms with Gasteiger partial charge in [0.05, 0.1) is 7.14 Å². The van der Waals surface area contributed by atoms with Gasteiger partial charge in [0.15, 0.2) is 0 Å². The van der Waals surface area contributed by atoms with Crippen molar-refractivity contribution in [3.8, 4) is 0 Å². The molecule has 1 saturated heterocycles. The Morgan fingerprint density at radius 3 is 2.73 bits per heavy atom. The third-order valence-corrected chi connectivity index (χ3v) is 4.60.